The number of aliphatic carboxylic acids is 4. The number of carbonyl (C=O) groups is 6. The van der Waals surface area contributed by atoms with Gasteiger partial charge in [-0.05, 0) is 0 Å². The zero-order valence-corrected chi connectivity index (χ0v) is 26.0. The molecule has 0 fully saturated rings. The van der Waals surface area contributed by atoms with Crippen molar-refractivity contribution < 1.29 is 69.6 Å². The van der Waals surface area contributed by atoms with Gasteiger partial charge in [0.25, 0.3) is 0 Å². The molecule has 46 heavy (non-hydrogen) atoms. The van der Waals surface area contributed by atoms with Gasteiger partial charge in [0.15, 0.2) is 0 Å². The highest BCUT2D eigenvalue weighted by molar-refractivity contribution is 5.83. The van der Waals surface area contributed by atoms with Gasteiger partial charge in [-0.25, -0.2) is 0 Å². The molecule has 0 heterocycles. The molecule has 2 amide bonds. The van der Waals surface area contributed by atoms with Crippen LogP contribution >= 0.6 is 0 Å². The summed E-state index contributed by atoms with van der Waals surface area (Å²) in [4.78, 5) is 76.5. The molecule has 0 aromatic rings. The largest absolute Gasteiger partial charge is 0.480 e. The maximum absolute atomic E-state index is 12.5. The molecule has 0 radical (unpaired) electrons. The van der Waals surface area contributed by atoms with E-state index >= 15 is 0 Å². The van der Waals surface area contributed by atoms with E-state index in [1.54, 1.807) is 0 Å². The van der Waals surface area contributed by atoms with Crippen LogP contribution in [0, 0.1) is 0 Å². The fourth-order valence-electron chi connectivity index (χ4n) is 4.62. The molecule has 0 rings (SSSR count). The van der Waals surface area contributed by atoms with Gasteiger partial charge in [0.2, 0.25) is 11.8 Å². The van der Waals surface area contributed by atoms with E-state index in [1.807, 2.05) is 0 Å². The maximum atomic E-state index is 12.5. The van der Waals surface area contributed by atoms with E-state index in [2.05, 4.69) is 10.6 Å². The number of amides is 2. The molecule has 0 aromatic carbocycles. The molecular weight excluding hydrogens is 620 g/mol. The monoisotopic (exact) mass is 668 g/mol. The Morgan fingerprint density at radius 3 is 1.04 bits per heavy atom. The van der Waals surface area contributed by atoms with Crippen molar-refractivity contribution in [2.75, 3.05) is 92.8 Å². The Morgan fingerprint density at radius 1 is 0.522 bits per heavy atom. The smallest absolute Gasteiger partial charge is 0.317 e. The van der Waals surface area contributed by atoms with Crippen LogP contribution in [0.3, 0.4) is 0 Å². The standard InChI is InChI=1S/C26H48N6O14/c1-27-25(45)19(9-17(35)15-33)31(13-23(41)42)7-5-29(11-21(37)38)3-4-30(12-22(39)40)6-8-32(14-24(43)44)20(26(46)28-2)10-18(36)16-34/h17-20,33-36H,3-16H2,1-2H3,(H,27,45)(H,28,46)(H,37,38)(H,39,40)(H,41,42)(H,43,44). The van der Waals surface area contributed by atoms with E-state index in [0.29, 0.717) is 0 Å². The summed E-state index contributed by atoms with van der Waals surface area (Å²) in [5, 5.41) is 80.8. The first-order valence-corrected chi connectivity index (χ1v) is 14.4. The number of carboxylic acids is 4. The first-order valence-electron chi connectivity index (χ1n) is 14.4. The number of nitrogens with one attached hydrogen (secondary N) is 2. The van der Waals surface area contributed by atoms with Crippen LogP contribution in [0.15, 0.2) is 0 Å². The van der Waals surface area contributed by atoms with Gasteiger partial charge < -0.3 is 51.5 Å². The lowest BCUT2D eigenvalue weighted by atomic mass is 10.1. The Hall–Kier alpha value is -3.50. The molecule has 20 heteroatoms. The van der Waals surface area contributed by atoms with E-state index in [-0.39, 0.29) is 52.1 Å². The molecule has 0 spiro atoms. The third kappa shape index (κ3) is 17.8. The van der Waals surface area contributed by atoms with E-state index in [4.69, 9.17) is 0 Å². The summed E-state index contributed by atoms with van der Waals surface area (Å²) in [5.41, 5.74) is 0. The van der Waals surface area contributed by atoms with E-state index in [9.17, 15) is 69.6 Å². The van der Waals surface area contributed by atoms with Crippen LogP contribution in [0.1, 0.15) is 12.8 Å². The number of rotatable bonds is 27. The third-order valence-electron chi connectivity index (χ3n) is 6.93. The number of hydrogen-bond acceptors (Lipinski definition) is 14. The number of nitrogens with zero attached hydrogens (tertiary/aromatic N) is 4. The summed E-state index contributed by atoms with van der Waals surface area (Å²) in [5.74, 6) is -6.40. The van der Waals surface area contributed by atoms with Crippen LogP contribution in [0.2, 0.25) is 0 Å². The topological polar surface area (TPSA) is 301 Å². The number of likely N-dealkylation sites (N-methyl/N-ethyl adjacent to an activating group) is 2. The van der Waals surface area contributed by atoms with Gasteiger partial charge >= 0.3 is 23.9 Å². The summed E-state index contributed by atoms with van der Waals surface area (Å²) < 4.78 is 0. The molecule has 0 aliphatic rings. The van der Waals surface area contributed by atoms with Crippen molar-refractivity contribution in [2.24, 2.45) is 0 Å². The summed E-state index contributed by atoms with van der Waals surface area (Å²) in [7, 11) is 2.60. The first kappa shape index (κ1) is 42.5. The van der Waals surface area contributed by atoms with Gasteiger partial charge in [0, 0.05) is 66.2 Å². The van der Waals surface area contributed by atoms with Crippen LogP contribution in [0.5, 0.6) is 0 Å². The Balaban J connectivity index is 5.93. The maximum Gasteiger partial charge on any atom is 0.317 e. The quantitative estimate of drug-likeness (QED) is 0.0390. The minimum absolute atomic E-state index is 0.0641. The average Bonchev–Trinajstić information content (AvgIpc) is 2.98. The van der Waals surface area contributed by atoms with Gasteiger partial charge in [-0.3, -0.25) is 48.4 Å². The zero-order chi connectivity index (χ0) is 35.4. The SMILES string of the molecule is CNC(=O)C(CC(O)CO)N(CCN(CCN(CCN(CC(=O)O)C(CC(O)CO)C(=O)NC)CC(=O)O)CC(=O)O)CC(=O)O. The number of carboxylic acid groups (broad SMARTS) is 4. The lowest BCUT2D eigenvalue weighted by Gasteiger charge is -2.34. The Morgan fingerprint density at radius 2 is 0.804 bits per heavy atom. The number of aliphatic hydroxyl groups is 4. The molecule has 266 valence electrons. The minimum Gasteiger partial charge on any atom is -0.480 e. The van der Waals surface area contributed by atoms with Gasteiger partial charge in [-0.1, -0.05) is 0 Å². The molecular formula is C26H48N6O14. The average molecular weight is 669 g/mol. The lowest BCUT2D eigenvalue weighted by Crippen LogP contribution is -2.53. The number of hydrogen-bond donors (Lipinski definition) is 10. The van der Waals surface area contributed by atoms with Crippen molar-refractivity contribution >= 4 is 35.7 Å². The highest BCUT2D eigenvalue weighted by atomic mass is 16.4. The fourth-order valence-corrected chi connectivity index (χ4v) is 4.62. The van der Waals surface area contributed by atoms with E-state index in [1.165, 1.54) is 33.7 Å². The predicted molar refractivity (Wildman–Crippen MR) is 158 cm³/mol. The molecule has 10 N–H and O–H groups in total. The van der Waals surface area contributed by atoms with Gasteiger partial charge in [0.1, 0.15) is 0 Å². The van der Waals surface area contributed by atoms with Crippen molar-refractivity contribution in [3.05, 3.63) is 0 Å². The summed E-state index contributed by atoms with van der Waals surface area (Å²) >= 11 is 0. The molecule has 0 saturated carbocycles. The van der Waals surface area contributed by atoms with Crippen molar-refractivity contribution in [3.8, 4) is 0 Å². The number of carbonyl (C=O) groups excluding carboxylic acids is 2. The van der Waals surface area contributed by atoms with Crippen LogP contribution in [0.25, 0.3) is 0 Å². The molecule has 0 aliphatic heterocycles. The summed E-state index contributed by atoms with van der Waals surface area (Å²) in [6.45, 7) is -4.44. The lowest BCUT2D eigenvalue weighted by molar-refractivity contribution is -0.143. The zero-order valence-electron chi connectivity index (χ0n) is 26.0. The van der Waals surface area contributed by atoms with E-state index < -0.39 is 99.4 Å². The Bertz CT molecular complexity index is 913. The second-order valence-corrected chi connectivity index (χ2v) is 10.5. The fraction of sp³-hybridized carbons (Fsp3) is 0.769. The summed E-state index contributed by atoms with van der Waals surface area (Å²) in [6, 6.07) is -2.37. The van der Waals surface area contributed by atoms with Crippen molar-refractivity contribution in [1.82, 2.24) is 30.2 Å². The first-order chi connectivity index (χ1) is 21.6. The predicted octanol–water partition coefficient (Wildman–Crippen LogP) is -5.75. The van der Waals surface area contributed by atoms with Crippen LogP contribution in [-0.2, 0) is 28.8 Å². The normalized spacial score (nSPS) is 14.2. The van der Waals surface area contributed by atoms with Crippen LogP contribution in [-0.4, -0.2) is 213 Å². The molecule has 0 aliphatic carbocycles. The highest BCUT2D eigenvalue weighted by Gasteiger charge is 2.31. The molecule has 4 unspecified atom stereocenters. The molecule has 4 atom stereocenters. The number of aliphatic hydroxyl groups excluding tert-OH is 4. The minimum atomic E-state index is -1.34. The third-order valence-corrected chi connectivity index (χ3v) is 6.93. The van der Waals surface area contributed by atoms with Crippen molar-refractivity contribution in [1.29, 1.82) is 0 Å². The highest BCUT2D eigenvalue weighted by Crippen LogP contribution is 2.11. The Labute approximate surface area is 265 Å². The van der Waals surface area contributed by atoms with Gasteiger partial charge in [-0.15, -0.1) is 0 Å². The summed E-state index contributed by atoms with van der Waals surface area (Å²) in [6.07, 6.45) is -3.30. The second-order valence-electron chi connectivity index (χ2n) is 10.5. The van der Waals surface area contributed by atoms with E-state index in [0.717, 1.165) is 0 Å². The van der Waals surface area contributed by atoms with Gasteiger partial charge in [-0.2, -0.15) is 0 Å². The second kappa shape index (κ2) is 22.9. The molecule has 0 bridgehead atoms. The van der Waals surface area contributed by atoms with Crippen molar-refractivity contribution in [2.45, 2.75) is 37.1 Å². The van der Waals surface area contributed by atoms with Crippen molar-refractivity contribution in [3.63, 3.8) is 0 Å². The van der Waals surface area contributed by atoms with Crippen LogP contribution < -0.4 is 10.6 Å². The van der Waals surface area contributed by atoms with Crippen LogP contribution in [0.4, 0.5) is 0 Å². The Kier molecular flexibility index (Phi) is 21.2. The molecule has 0 saturated heterocycles. The van der Waals surface area contributed by atoms with Gasteiger partial charge in [0.05, 0.1) is 63.7 Å². The molecule has 20 nitrogen and oxygen atoms in total. The molecule has 0 aromatic heterocycles.